The zero-order valence-electron chi connectivity index (χ0n) is 11.8. The zero-order chi connectivity index (χ0) is 14.5. The largest absolute Gasteiger partial charge is 0.481 e. The number of allylic oxidation sites excluding steroid dienone is 2. The summed E-state index contributed by atoms with van der Waals surface area (Å²) in [6.45, 7) is 5.34. The molecule has 1 rings (SSSR count). The average molecular weight is 269 g/mol. The Kier molecular flexibility index (Phi) is 5.39. The normalized spacial score (nSPS) is 20.7. The van der Waals surface area contributed by atoms with E-state index in [1.165, 1.54) is 0 Å². The summed E-state index contributed by atoms with van der Waals surface area (Å²) in [5, 5.41) is 11.6. The highest BCUT2D eigenvalue weighted by Gasteiger charge is 2.27. The fraction of sp³-hybridized carbons (Fsp3) is 0.714. The van der Waals surface area contributed by atoms with E-state index in [2.05, 4.69) is 11.4 Å². The van der Waals surface area contributed by atoms with Crippen LogP contribution in [0, 0.1) is 5.92 Å². The number of hydrogen-bond acceptors (Lipinski definition) is 3. The molecule has 0 saturated heterocycles. The van der Waals surface area contributed by atoms with Crippen molar-refractivity contribution >= 4 is 12.1 Å². The Balaban J connectivity index is 2.61. The number of carboxylic acid groups (broad SMARTS) is 1. The molecule has 1 aliphatic rings. The molecule has 1 aliphatic carbocycles. The fourth-order valence-corrected chi connectivity index (χ4v) is 2.17. The third kappa shape index (κ3) is 6.27. The molecule has 2 atom stereocenters. The van der Waals surface area contributed by atoms with Crippen molar-refractivity contribution in [2.24, 2.45) is 5.92 Å². The van der Waals surface area contributed by atoms with Crippen LogP contribution >= 0.6 is 0 Å². The molecule has 0 aromatic rings. The van der Waals surface area contributed by atoms with Crippen LogP contribution in [0.15, 0.2) is 12.2 Å². The SMILES string of the molecule is CC(C)(C)OC(=O)NC(CC(=O)O)C1CC=CCC1. The van der Waals surface area contributed by atoms with Gasteiger partial charge in [-0.1, -0.05) is 12.2 Å². The summed E-state index contributed by atoms with van der Waals surface area (Å²) >= 11 is 0. The van der Waals surface area contributed by atoms with Gasteiger partial charge >= 0.3 is 12.1 Å². The second-order valence-corrected chi connectivity index (χ2v) is 5.90. The lowest BCUT2D eigenvalue weighted by Gasteiger charge is -2.29. The summed E-state index contributed by atoms with van der Waals surface area (Å²) in [7, 11) is 0. The minimum Gasteiger partial charge on any atom is -0.481 e. The predicted molar refractivity (Wildman–Crippen MR) is 71.9 cm³/mol. The summed E-state index contributed by atoms with van der Waals surface area (Å²) in [6.07, 6.45) is 6.13. The van der Waals surface area contributed by atoms with Gasteiger partial charge in [0.25, 0.3) is 0 Å². The van der Waals surface area contributed by atoms with Crippen molar-refractivity contribution in [1.29, 1.82) is 0 Å². The van der Waals surface area contributed by atoms with Crippen LogP contribution in [0.5, 0.6) is 0 Å². The van der Waals surface area contributed by atoms with Gasteiger partial charge in [-0.2, -0.15) is 0 Å². The molecule has 108 valence electrons. The Bertz CT molecular complexity index is 357. The van der Waals surface area contributed by atoms with E-state index in [1.807, 2.05) is 6.08 Å². The minimum atomic E-state index is -0.907. The van der Waals surface area contributed by atoms with E-state index in [0.717, 1.165) is 19.3 Å². The summed E-state index contributed by atoms with van der Waals surface area (Å²) in [5.41, 5.74) is -0.579. The quantitative estimate of drug-likeness (QED) is 0.769. The molecule has 0 aliphatic heterocycles. The Morgan fingerprint density at radius 2 is 2.11 bits per heavy atom. The van der Waals surface area contributed by atoms with Crippen molar-refractivity contribution < 1.29 is 19.4 Å². The van der Waals surface area contributed by atoms with Crippen LogP contribution < -0.4 is 5.32 Å². The third-order valence-corrected chi connectivity index (χ3v) is 2.98. The molecule has 0 spiro atoms. The number of hydrogen-bond donors (Lipinski definition) is 2. The molecule has 5 heteroatoms. The van der Waals surface area contributed by atoms with E-state index in [9.17, 15) is 9.59 Å². The van der Waals surface area contributed by atoms with Gasteiger partial charge in [-0.15, -0.1) is 0 Å². The first-order chi connectivity index (χ1) is 8.78. The Labute approximate surface area is 114 Å². The maximum absolute atomic E-state index is 11.7. The summed E-state index contributed by atoms with van der Waals surface area (Å²) < 4.78 is 5.18. The number of aliphatic carboxylic acids is 1. The highest BCUT2D eigenvalue weighted by Crippen LogP contribution is 2.24. The molecular formula is C14H23NO4. The fourth-order valence-electron chi connectivity index (χ4n) is 2.17. The van der Waals surface area contributed by atoms with Crippen LogP contribution in [-0.4, -0.2) is 28.8 Å². The predicted octanol–water partition coefficient (Wildman–Crippen LogP) is 2.71. The van der Waals surface area contributed by atoms with Crippen molar-refractivity contribution in [1.82, 2.24) is 5.32 Å². The molecule has 2 unspecified atom stereocenters. The smallest absolute Gasteiger partial charge is 0.407 e. The molecule has 5 nitrogen and oxygen atoms in total. The van der Waals surface area contributed by atoms with Gasteiger partial charge in [0.1, 0.15) is 5.60 Å². The van der Waals surface area contributed by atoms with Crippen molar-refractivity contribution in [2.75, 3.05) is 0 Å². The molecule has 0 aromatic heterocycles. The van der Waals surface area contributed by atoms with E-state index in [-0.39, 0.29) is 18.4 Å². The van der Waals surface area contributed by atoms with Crippen LogP contribution in [-0.2, 0) is 9.53 Å². The van der Waals surface area contributed by atoms with Crippen molar-refractivity contribution in [3.05, 3.63) is 12.2 Å². The lowest BCUT2D eigenvalue weighted by atomic mass is 9.86. The molecule has 0 bridgehead atoms. The van der Waals surface area contributed by atoms with E-state index in [4.69, 9.17) is 9.84 Å². The maximum atomic E-state index is 11.7. The van der Waals surface area contributed by atoms with Crippen LogP contribution in [0.25, 0.3) is 0 Å². The standard InChI is InChI=1S/C14H23NO4/c1-14(2,3)19-13(18)15-11(9-12(16)17)10-7-5-4-6-8-10/h4-5,10-11H,6-9H2,1-3H3,(H,15,18)(H,16,17). The molecular weight excluding hydrogens is 246 g/mol. The average Bonchev–Trinajstić information content (AvgIpc) is 2.26. The van der Waals surface area contributed by atoms with Gasteiger partial charge in [0.2, 0.25) is 0 Å². The van der Waals surface area contributed by atoms with Crippen LogP contribution in [0.1, 0.15) is 46.5 Å². The topological polar surface area (TPSA) is 75.6 Å². The van der Waals surface area contributed by atoms with Crippen molar-refractivity contribution in [3.63, 3.8) is 0 Å². The second kappa shape index (κ2) is 6.59. The number of alkyl carbamates (subject to hydrolysis) is 1. The maximum Gasteiger partial charge on any atom is 0.407 e. The van der Waals surface area contributed by atoms with E-state index < -0.39 is 17.7 Å². The van der Waals surface area contributed by atoms with Gasteiger partial charge in [0.05, 0.1) is 6.42 Å². The van der Waals surface area contributed by atoms with Gasteiger partial charge in [-0.05, 0) is 46.0 Å². The highest BCUT2D eigenvalue weighted by molar-refractivity contribution is 5.71. The van der Waals surface area contributed by atoms with Crippen molar-refractivity contribution in [3.8, 4) is 0 Å². The molecule has 0 heterocycles. The third-order valence-electron chi connectivity index (χ3n) is 2.98. The molecule has 1 amide bonds. The van der Waals surface area contributed by atoms with Crippen molar-refractivity contribution in [2.45, 2.75) is 58.1 Å². The zero-order valence-corrected chi connectivity index (χ0v) is 11.8. The lowest BCUT2D eigenvalue weighted by Crippen LogP contribution is -2.44. The first kappa shape index (κ1) is 15.5. The Morgan fingerprint density at radius 3 is 2.58 bits per heavy atom. The lowest BCUT2D eigenvalue weighted by molar-refractivity contribution is -0.137. The molecule has 0 aromatic carbocycles. The van der Waals surface area contributed by atoms with Gasteiger partial charge < -0.3 is 15.2 Å². The summed E-state index contributed by atoms with van der Waals surface area (Å²) in [6, 6.07) is -0.378. The first-order valence-electron chi connectivity index (χ1n) is 6.64. The molecule has 0 saturated carbocycles. The van der Waals surface area contributed by atoms with E-state index in [0.29, 0.717) is 0 Å². The number of amides is 1. The first-order valence-corrected chi connectivity index (χ1v) is 6.64. The van der Waals surface area contributed by atoms with Gasteiger partial charge in [-0.3, -0.25) is 4.79 Å². The second-order valence-electron chi connectivity index (χ2n) is 5.90. The van der Waals surface area contributed by atoms with Crippen LogP contribution in [0.3, 0.4) is 0 Å². The summed E-state index contributed by atoms with van der Waals surface area (Å²) in [4.78, 5) is 22.7. The number of carbonyl (C=O) groups excluding carboxylic acids is 1. The monoisotopic (exact) mass is 269 g/mol. The number of carboxylic acids is 1. The van der Waals surface area contributed by atoms with E-state index >= 15 is 0 Å². The number of ether oxygens (including phenoxy) is 1. The van der Waals surface area contributed by atoms with Gasteiger partial charge in [-0.25, -0.2) is 4.79 Å². The van der Waals surface area contributed by atoms with Gasteiger partial charge in [0.15, 0.2) is 0 Å². The summed E-state index contributed by atoms with van der Waals surface area (Å²) in [5.74, 6) is -0.746. The number of rotatable bonds is 4. The Morgan fingerprint density at radius 1 is 1.42 bits per heavy atom. The van der Waals surface area contributed by atoms with Gasteiger partial charge in [0, 0.05) is 6.04 Å². The minimum absolute atomic E-state index is 0.0717. The number of carbonyl (C=O) groups is 2. The molecule has 2 N–H and O–H groups in total. The van der Waals surface area contributed by atoms with Crippen LogP contribution in [0.4, 0.5) is 4.79 Å². The number of nitrogens with one attached hydrogen (secondary N) is 1. The van der Waals surface area contributed by atoms with Crippen LogP contribution in [0.2, 0.25) is 0 Å². The Hall–Kier alpha value is -1.52. The van der Waals surface area contributed by atoms with E-state index in [1.54, 1.807) is 20.8 Å². The molecule has 0 fully saturated rings. The molecule has 0 radical (unpaired) electrons. The molecule has 19 heavy (non-hydrogen) atoms. The highest BCUT2D eigenvalue weighted by atomic mass is 16.6.